The summed E-state index contributed by atoms with van der Waals surface area (Å²) < 4.78 is 0.545. The van der Waals surface area contributed by atoms with Crippen molar-refractivity contribution in [3.8, 4) is 0 Å². The Morgan fingerprint density at radius 3 is 2.82 bits per heavy atom. The summed E-state index contributed by atoms with van der Waals surface area (Å²) in [4.78, 5) is 10.9. The van der Waals surface area contributed by atoms with Crippen molar-refractivity contribution in [2.24, 2.45) is 0 Å². The standard InChI is InChI=1S/C10H8BrN3O2S/c1-5-13-14-10(17-5)12-6-2-3-8(11)7(4-6)9(15)16/h2-4H,1H3,(H,12,14)(H,15,16). The van der Waals surface area contributed by atoms with E-state index in [1.54, 1.807) is 18.2 Å². The van der Waals surface area contributed by atoms with Crippen LogP contribution in [0.15, 0.2) is 22.7 Å². The lowest BCUT2D eigenvalue weighted by molar-refractivity contribution is 0.0696. The van der Waals surface area contributed by atoms with E-state index in [2.05, 4.69) is 31.4 Å². The molecule has 88 valence electrons. The minimum Gasteiger partial charge on any atom is -0.478 e. The van der Waals surface area contributed by atoms with Crippen LogP contribution in [0, 0.1) is 6.92 Å². The first-order valence-electron chi connectivity index (χ1n) is 4.66. The van der Waals surface area contributed by atoms with Gasteiger partial charge in [0.15, 0.2) is 0 Å². The summed E-state index contributed by atoms with van der Waals surface area (Å²) >= 11 is 4.60. The Labute approximate surface area is 110 Å². The number of hydrogen-bond donors (Lipinski definition) is 2. The Balaban J connectivity index is 2.28. The van der Waals surface area contributed by atoms with Crippen molar-refractivity contribution in [2.75, 3.05) is 5.32 Å². The fraction of sp³-hybridized carbons (Fsp3) is 0.100. The number of aryl methyl sites for hydroxylation is 1. The molecule has 0 saturated carbocycles. The van der Waals surface area contributed by atoms with Gasteiger partial charge in [0.05, 0.1) is 5.56 Å². The zero-order valence-electron chi connectivity index (χ0n) is 8.77. The Kier molecular flexibility index (Phi) is 3.39. The number of carbonyl (C=O) groups is 1. The van der Waals surface area contributed by atoms with E-state index in [1.807, 2.05) is 6.92 Å². The van der Waals surface area contributed by atoms with Gasteiger partial charge in [-0.2, -0.15) is 0 Å². The van der Waals surface area contributed by atoms with Gasteiger partial charge in [0.25, 0.3) is 0 Å². The average Bonchev–Trinajstić information content (AvgIpc) is 2.66. The van der Waals surface area contributed by atoms with Crippen molar-refractivity contribution in [1.82, 2.24) is 10.2 Å². The fourth-order valence-electron chi connectivity index (χ4n) is 1.24. The maximum Gasteiger partial charge on any atom is 0.336 e. The molecule has 7 heteroatoms. The van der Waals surface area contributed by atoms with Gasteiger partial charge < -0.3 is 10.4 Å². The van der Waals surface area contributed by atoms with Gasteiger partial charge in [-0.25, -0.2) is 4.79 Å². The molecule has 0 bridgehead atoms. The van der Waals surface area contributed by atoms with E-state index in [0.717, 1.165) is 5.01 Å². The van der Waals surface area contributed by atoms with Gasteiger partial charge in [-0.3, -0.25) is 0 Å². The Morgan fingerprint density at radius 1 is 1.47 bits per heavy atom. The summed E-state index contributed by atoms with van der Waals surface area (Å²) in [5.74, 6) is -0.978. The topological polar surface area (TPSA) is 75.1 Å². The molecule has 0 spiro atoms. The van der Waals surface area contributed by atoms with Crippen molar-refractivity contribution in [2.45, 2.75) is 6.92 Å². The molecule has 2 rings (SSSR count). The van der Waals surface area contributed by atoms with Gasteiger partial charge in [-0.05, 0) is 41.1 Å². The second-order valence-electron chi connectivity index (χ2n) is 3.25. The maximum atomic E-state index is 10.9. The van der Waals surface area contributed by atoms with E-state index in [0.29, 0.717) is 15.3 Å². The molecule has 0 aliphatic heterocycles. The first kappa shape index (κ1) is 12.0. The minimum atomic E-state index is -0.978. The van der Waals surface area contributed by atoms with Gasteiger partial charge in [-0.15, -0.1) is 10.2 Å². The molecule has 1 aromatic heterocycles. The molecule has 0 radical (unpaired) electrons. The molecule has 5 nitrogen and oxygen atoms in total. The number of rotatable bonds is 3. The van der Waals surface area contributed by atoms with Gasteiger partial charge >= 0.3 is 5.97 Å². The van der Waals surface area contributed by atoms with E-state index in [4.69, 9.17) is 5.11 Å². The molecule has 0 aliphatic rings. The summed E-state index contributed by atoms with van der Waals surface area (Å²) in [6.07, 6.45) is 0. The van der Waals surface area contributed by atoms with Crippen molar-refractivity contribution in [1.29, 1.82) is 0 Å². The Bertz CT molecular complexity index is 570. The zero-order chi connectivity index (χ0) is 12.4. The quantitative estimate of drug-likeness (QED) is 0.911. The smallest absolute Gasteiger partial charge is 0.336 e. The zero-order valence-corrected chi connectivity index (χ0v) is 11.2. The maximum absolute atomic E-state index is 10.9. The molecule has 0 amide bonds. The monoisotopic (exact) mass is 313 g/mol. The second-order valence-corrected chi connectivity index (χ2v) is 5.29. The summed E-state index contributed by atoms with van der Waals surface area (Å²) in [6.45, 7) is 1.85. The largest absolute Gasteiger partial charge is 0.478 e. The Morgan fingerprint density at radius 2 is 2.24 bits per heavy atom. The number of carboxylic acid groups (broad SMARTS) is 1. The van der Waals surface area contributed by atoms with Gasteiger partial charge in [0.2, 0.25) is 5.13 Å². The molecule has 1 heterocycles. The number of carboxylic acids is 1. The lowest BCUT2D eigenvalue weighted by Crippen LogP contribution is -1.99. The van der Waals surface area contributed by atoms with Crippen molar-refractivity contribution < 1.29 is 9.90 Å². The summed E-state index contributed by atoms with van der Waals surface area (Å²) in [5, 5.41) is 21.2. The molecule has 1 aromatic carbocycles. The summed E-state index contributed by atoms with van der Waals surface area (Å²) in [7, 11) is 0. The molecular formula is C10H8BrN3O2S. The number of halogens is 1. The molecule has 2 aromatic rings. The first-order valence-corrected chi connectivity index (χ1v) is 6.27. The highest BCUT2D eigenvalue weighted by atomic mass is 79.9. The minimum absolute atomic E-state index is 0.205. The number of hydrogen-bond acceptors (Lipinski definition) is 5. The fourth-order valence-corrected chi connectivity index (χ4v) is 2.27. The highest BCUT2D eigenvalue weighted by Gasteiger charge is 2.09. The third-order valence-corrected chi connectivity index (χ3v) is 3.42. The third-order valence-electron chi connectivity index (χ3n) is 1.97. The number of benzene rings is 1. The number of nitrogens with one attached hydrogen (secondary N) is 1. The highest BCUT2D eigenvalue weighted by Crippen LogP contribution is 2.25. The predicted octanol–water partition coefficient (Wildman–Crippen LogP) is 3.05. The van der Waals surface area contributed by atoms with Gasteiger partial charge in [0, 0.05) is 10.2 Å². The lowest BCUT2D eigenvalue weighted by atomic mass is 10.2. The van der Waals surface area contributed by atoms with E-state index in [-0.39, 0.29) is 5.56 Å². The molecular weight excluding hydrogens is 306 g/mol. The van der Waals surface area contributed by atoms with E-state index >= 15 is 0 Å². The molecule has 0 fully saturated rings. The summed E-state index contributed by atoms with van der Waals surface area (Å²) in [6, 6.07) is 5.00. The highest BCUT2D eigenvalue weighted by molar-refractivity contribution is 9.10. The van der Waals surface area contributed by atoms with Crippen LogP contribution < -0.4 is 5.32 Å². The van der Waals surface area contributed by atoms with Gasteiger partial charge in [0.1, 0.15) is 5.01 Å². The van der Waals surface area contributed by atoms with E-state index < -0.39 is 5.97 Å². The predicted molar refractivity (Wildman–Crippen MR) is 69.0 cm³/mol. The van der Waals surface area contributed by atoms with E-state index in [9.17, 15) is 4.79 Å². The normalized spacial score (nSPS) is 10.2. The molecule has 0 unspecified atom stereocenters. The summed E-state index contributed by atoms with van der Waals surface area (Å²) in [5.41, 5.74) is 0.873. The molecule has 2 N–H and O–H groups in total. The molecule has 17 heavy (non-hydrogen) atoms. The van der Waals surface area contributed by atoms with Crippen LogP contribution in [-0.4, -0.2) is 21.3 Å². The third kappa shape index (κ3) is 2.80. The van der Waals surface area contributed by atoms with Crippen molar-refractivity contribution in [3.63, 3.8) is 0 Å². The van der Waals surface area contributed by atoms with Gasteiger partial charge in [-0.1, -0.05) is 11.3 Å². The number of anilines is 2. The van der Waals surface area contributed by atoms with Crippen LogP contribution in [0.4, 0.5) is 10.8 Å². The molecule has 0 atom stereocenters. The number of aromatic nitrogens is 2. The number of aromatic carboxylic acids is 1. The number of nitrogens with zero attached hydrogens (tertiary/aromatic N) is 2. The van der Waals surface area contributed by atoms with Crippen LogP contribution in [0.25, 0.3) is 0 Å². The lowest BCUT2D eigenvalue weighted by Gasteiger charge is -2.04. The van der Waals surface area contributed by atoms with Crippen LogP contribution in [0.2, 0.25) is 0 Å². The van der Waals surface area contributed by atoms with Crippen LogP contribution >= 0.6 is 27.3 Å². The molecule has 0 aliphatic carbocycles. The van der Waals surface area contributed by atoms with Crippen molar-refractivity contribution in [3.05, 3.63) is 33.2 Å². The van der Waals surface area contributed by atoms with Crippen molar-refractivity contribution >= 4 is 44.1 Å². The Hall–Kier alpha value is -1.47. The SMILES string of the molecule is Cc1nnc(Nc2ccc(Br)c(C(=O)O)c2)s1. The second kappa shape index (κ2) is 4.80. The first-order chi connectivity index (χ1) is 8.06. The average molecular weight is 314 g/mol. The van der Waals surface area contributed by atoms with E-state index in [1.165, 1.54) is 11.3 Å². The van der Waals surface area contributed by atoms with Crippen LogP contribution in [0.1, 0.15) is 15.4 Å². The van der Waals surface area contributed by atoms with Crippen LogP contribution in [-0.2, 0) is 0 Å². The van der Waals surface area contributed by atoms with Crippen LogP contribution in [0.3, 0.4) is 0 Å². The van der Waals surface area contributed by atoms with Crippen LogP contribution in [0.5, 0.6) is 0 Å². The molecule has 0 saturated heterocycles.